The van der Waals surface area contributed by atoms with Crippen LogP contribution in [0.2, 0.25) is 0 Å². The molecule has 0 aliphatic carbocycles. The summed E-state index contributed by atoms with van der Waals surface area (Å²) in [6.07, 6.45) is -2.48. The van der Waals surface area contributed by atoms with E-state index in [9.17, 15) is 28.1 Å². The number of carbonyl (C=O) groups is 1. The molecule has 0 saturated carbocycles. The van der Waals surface area contributed by atoms with Crippen LogP contribution >= 0.6 is 39.9 Å². The van der Waals surface area contributed by atoms with Crippen LogP contribution in [0.15, 0.2) is 45.8 Å². The van der Waals surface area contributed by atoms with Gasteiger partial charge in [0.25, 0.3) is 5.91 Å². The third kappa shape index (κ3) is 5.30. The number of rotatable bonds is 6. The van der Waals surface area contributed by atoms with Gasteiger partial charge in [0.2, 0.25) is 5.75 Å². The molecule has 2 aromatic carbocycles. The molecule has 0 radical (unpaired) electrons. The van der Waals surface area contributed by atoms with Crippen molar-refractivity contribution in [2.24, 2.45) is 0 Å². The van der Waals surface area contributed by atoms with Crippen molar-refractivity contribution in [2.75, 3.05) is 6.54 Å². The van der Waals surface area contributed by atoms with E-state index < -0.39 is 22.4 Å². The Hall–Kier alpha value is -2.44. The Labute approximate surface area is 198 Å². The Balaban J connectivity index is 2.01. The Kier molecular flexibility index (Phi) is 7.25. The first-order valence-corrected chi connectivity index (χ1v) is 11.1. The molecular formula is C20H14BrF3N2O4S2. The lowest BCUT2D eigenvalue weighted by molar-refractivity contribution is -0.385. The number of benzene rings is 2. The predicted molar refractivity (Wildman–Crippen MR) is 122 cm³/mol. The SMILES string of the molecule is CCCN1C(=O)/C(=C/c2cc(Br)ccc2Oc2ccc(C(F)(F)F)cc2[N+](=O)[O-])SC1=S. The molecule has 1 amide bonds. The summed E-state index contributed by atoms with van der Waals surface area (Å²) < 4.78 is 45.6. The maximum atomic E-state index is 13.0. The fourth-order valence-corrected chi connectivity index (χ4v) is 4.50. The summed E-state index contributed by atoms with van der Waals surface area (Å²) in [7, 11) is 0. The molecule has 0 bridgehead atoms. The van der Waals surface area contributed by atoms with Gasteiger partial charge in [-0.1, -0.05) is 46.8 Å². The molecule has 1 aliphatic heterocycles. The summed E-state index contributed by atoms with van der Waals surface area (Å²) in [6.45, 7) is 2.39. The van der Waals surface area contributed by atoms with Crippen molar-refractivity contribution in [3.63, 3.8) is 0 Å². The number of thiocarbonyl (C=S) groups is 1. The number of nitrogens with zero attached hydrogens (tertiary/aromatic N) is 2. The number of thioether (sulfide) groups is 1. The summed E-state index contributed by atoms with van der Waals surface area (Å²) in [4.78, 5) is 24.9. The molecule has 6 nitrogen and oxygen atoms in total. The van der Waals surface area contributed by atoms with E-state index in [-0.39, 0.29) is 17.4 Å². The number of hydrogen-bond donors (Lipinski definition) is 0. The molecule has 1 heterocycles. The number of amides is 1. The average Bonchev–Trinajstić information content (AvgIpc) is 2.97. The molecule has 12 heteroatoms. The van der Waals surface area contributed by atoms with Crippen molar-refractivity contribution in [1.29, 1.82) is 0 Å². The standard InChI is InChI=1S/C20H14BrF3N2O4S2/c1-2-7-25-18(27)17(32-19(25)31)9-11-8-13(21)4-6-15(11)30-16-5-3-12(20(22,23)24)10-14(16)26(28)29/h3-6,8-10H,2,7H2,1H3/b17-9-. The summed E-state index contributed by atoms with van der Waals surface area (Å²) >= 11 is 9.68. The van der Waals surface area contributed by atoms with Gasteiger partial charge in [0.05, 0.1) is 15.4 Å². The number of nitro groups is 1. The lowest BCUT2D eigenvalue weighted by atomic mass is 10.1. The third-order valence-electron chi connectivity index (χ3n) is 4.28. The maximum absolute atomic E-state index is 13.0. The lowest BCUT2D eigenvalue weighted by Crippen LogP contribution is -2.28. The minimum absolute atomic E-state index is 0.122. The van der Waals surface area contributed by atoms with E-state index in [2.05, 4.69) is 15.9 Å². The van der Waals surface area contributed by atoms with E-state index in [1.807, 2.05) is 6.92 Å². The van der Waals surface area contributed by atoms with E-state index in [0.717, 1.165) is 24.2 Å². The largest absolute Gasteiger partial charge is 0.449 e. The van der Waals surface area contributed by atoms with Crippen molar-refractivity contribution >= 4 is 61.9 Å². The molecule has 1 aliphatic rings. The minimum Gasteiger partial charge on any atom is -0.449 e. The van der Waals surface area contributed by atoms with Gasteiger partial charge in [-0.25, -0.2) is 0 Å². The van der Waals surface area contributed by atoms with Gasteiger partial charge in [-0.2, -0.15) is 13.2 Å². The molecule has 168 valence electrons. The summed E-state index contributed by atoms with van der Waals surface area (Å²) in [6, 6.07) is 6.74. The Morgan fingerprint density at radius 2 is 1.94 bits per heavy atom. The molecule has 1 fully saturated rings. The van der Waals surface area contributed by atoms with Gasteiger partial charge in [0, 0.05) is 22.6 Å². The van der Waals surface area contributed by atoms with E-state index in [4.69, 9.17) is 17.0 Å². The highest BCUT2D eigenvalue weighted by Crippen LogP contribution is 2.40. The molecule has 0 atom stereocenters. The van der Waals surface area contributed by atoms with Gasteiger partial charge < -0.3 is 4.74 Å². The zero-order chi connectivity index (χ0) is 23.6. The second-order valence-electron chi connectivity index (χ2n) is 6.55. The normalized spacial score (nSPS) is 15.5. The second-order valence-corrected chi connectivity index (χ2v) is 9.15. The number of carbonyl (C=O) groups excluding carboxylic acids is 1. The fraction of sp³-hybridized carbons (Fsp3) is 0.200. The lowest BCUT2D eigenvalue weighted by Gasteiger charge is -2.13. The first-order chi connectivity index (χ1) is 15.0. The first kappa shape index (κ1) is 24.2. The zero-order valence-electron chi connectivity index (χ0n) is 16.3. The van der Waals surface area contributed by atoms with Crippen LogP contribution in [0, 0.1) is 10.1 Å². The molecule has 2 aromatic rings. The zero-order valence-corrected chi connectivity index (χ0v) is 19.5. The van der Waals surface area contributed by atoms with Crippen LogP contribution in [0.5, 0.6) is 11.5 Å². The molecule has 32 heavy (non-hydrogen) atoms. The van der Waals surface area contributed by atoms with Crippen molar-refractivity contribution in [3.05, 3.63) is 67.0 Å². The number of nitro benzene ring substituents is 1. The van der Waals surface area contributed by atoms with Gasteiger partial charge in [-0.15, -0.1) is 0 Å². The number of alkyl halides is 3. The highest BCUT2D eigenvalue weighted by atomic mass is 79.9. The monoisotopic (exact) mass is 546 g/mol. The van der Waals surface area contributed by atoms with Crippen LogP contribution in [0.1, 0.15) is 24.5 Å². The first-order valence-electron chi connectivity index (χ1n) is 9.09. The van der Waals surface area contributed by atoms with E-state index in [0.29, 0.717) is 37.9 Å². The minimum atomic E-state index is -4.74. The summed E-state index contributed by atoms with van der Waals surface area (Å²) in [5.41, 5.74) is -1.60. The molecular weight excluding hydrogens is 533 g/mol. The molecule has 0 N–H and O–H groups in total. The van der Waals surface area contributed by atoms with Crippen LogP contribution in [0.25, 0.3) is 6.08 Å². The van der Waals surface area contributed by atoms with Crippen LogP contribution in [-0.4, -0.2) is 26.6 Å². The van der Waals surface area contributed by atoms with E-state index >= 15 is 0 Å². The summed E-state index contributed by atoms with van der Waals surface area (Å²) in [5, 5.41) is 11.4. The van der Waals surface area contributed by atoms with E-state index in [1.54, 1.807) is 12.1 Å². The topological polar surface area (TPSA) is 72.7 Å². The fourth-order valence-electron chi connectivity index (χ4n) is 2.82. The maximum Gasteiger partial charge on any atom is 0.416 e. The number of ether oxygens (including phenoxy) is 1. The van der Waals surface area contributed by atoms with Crippen LogP contribution < -0.4 is 4.74 Å². The number of hydrogen-bond acceptors (Lipinski definition) is 6. The van der Waals surface area contributed by atoms with Crippen LogP contribution in [-0.2, 0) is 11.0 Å². The second kappa shape index (κ2) is 9.59. The molecule has 0 spiro atoms. The Bertz CT molecular complexity index is 1140. The van der Waals surface area contributed by atoms with Crippen molar-refractivity contribution in [1.82, 2.24) is 4.90 Å². The Morgan fingerprint density at radius 1 is 1.25 bits per heavy atom. The highest BCUT2D eigenvalue weighted by molar-refractivity contribution is 9.10. The van der Waals surface area contributed by atoms with E-state index in [1.165, 1.54) is 17.0 Å². The highest BCUT2D eigenvalue weighted by Gasteiger charge is 2.34. The van der Waals surface area contributed by atoms with Crippen LogP contribution in [0.4, 0.5) is 18.9 Å². The van der Waals surface area contributed by atoms with Crippen LogP contribution in [0.3, 0.4) is 0 Å². The summed E-state index contributed by atoms with van der Waals surface area (Å²) in [5.74, 6) is -0.511. The molecule has 3 rings (SSSR count). The van der Waals surface area contributed by atoms with Gasteiger partial charge in [0.1, 0.15) is 10.1 Å². The molecule has 1 saturated heterocycles. The smallest absolute Gasteiger partial charge is 0.416 e. The van der Waals surface area contributed by atoms with Crippen molar-refractivity contribution in [3.8, 4) is 11.5 Å². The molecule has 0 unspecified atom stereocenters. The quantitative estimate of drug-likeness (QED) is 0.172. The number of halogens is 4. The van der Waals surface area contributed by atoms with Gasteiger partial charge >= 0.3 is 11.9 Å². The van der Waals surface area contributed by atoms with Gasteiger partial charge in [0.15, 0.2) is 0 Å². The van der Waals surface area contributed by atoms with Crippen molar-refractivity contribution in [2.45, 2.75) is 19.5 Å². The average molecular weight is 547 g/mol. The predicted octanol–water partition coefficient (Wildman–Crippen LogP) is 6.78. The Morgan fingerprint density at radius 3 is 2.56 bits per heavy atom. The van der Waals surface area contributed by atoms with Crippen molar-refractivity contribution < 1.29 is 27.6 Å². The van der Waals surface area contributed by atoms with Gasteiger partial charge in [-0.3, -0.25) is 19.8 Å². The third-order valence-corrected chi connectivity index (χ3v) is 6.15. The molecule has 0 aromatic heterocycles. The van der Waals surface area contributed by atoms with Gasteiger partial charge in [-0.05, 0) is 42.8 Å².